The first-order valence-corrected chi connectivity index (χ1v) is 8.09. The number of carbonyl (C=O) groups excluding carboxylic acids is 1. The number of hydrogen-bond acceptors (Lipinski definition) is 4. The van der Waals surface area contributed by atoms with Gasteiger partial charge in [0.15, 0.2) is 0 Å². The topological polar surface area (TPSA) is 89.6 Å². The molecule has 3 aromatic carbocycles. The van der Waals surface area contributed by atoms with Crippen LogP contribution >= 0.6 is 0 Å². The Morgan fingerprint density at radius 2 is 1.56 bits per heavy atom. The van der Waals surface area contributed by atoms with Gasteiger partial charge in [0, 0.05) is 12.0 Å². The third-order valence-electron chi connectivity index (χ3n) is 4.24. The van der Waals surface area contributed by atoms with Gasteiger partial charge in [-0.2, -0.15) is 0 Å². The van der Waals surface area contributed by atoms with Crippen molar-refractivity contribution in [3.63, 3.8) is 0 Å². The number of fused-ring (bicyclic) bond motifs is 2. The second-order valence-electron chi connectivity index (χ2n) is 5.94. The molecule has 5 heteroatoms. The number of benzene rings is 3. The lowest BCUT2D eigenvalue weighted by atomic mass is 9.97. The summed E-state index contributed by atoms with van der Waals surface area (Å²) in [6.45, 7) is 0.142. The molecule has 3 aromatic rings. The van der Waals surface area contributed by atoms with Crippen LogP contribution in [0.5, 0.6) is 0 Å². The molecule has 0 aliphatic rings. The Morgan fingerprint density at radius 1 is 1.00 bits per heavy atom. The average molecular weight is 337 g/mol. The van der Waals surface area contributed by atoms with E-state index in [1.165, 1.54) is 0 Å². The minimum atomic E-state index is -1.12. The maximum atomic E-state index is 11.9. The highest BCUT2D eigenvalue weighted by Crippen LogP contribution is 2.29. The third kappa shape index (κ3) is 3.78. The van der Waals surface area contributed by atoms with E-state index >= 15 is 0 Å². The average Bonchev–Trinajstić information content (AvgIpc) is 2.62. The molecule has 1 atom stereocenters. The van der Waals surface area contributed by atoms with Crippen molar-refractivity contribution in [1.29, 1.82) is 0 Å². The number of carboxylic acid groups (broad SMARTS) is 1. The molecule has 128 valence electrons. The van der Waals surface area contributed by atoms with Gasteiger partial charge in [0.1, 0.15) is 12.6 Å². The summed E-state index contributed by atoms with van der Waals surface area (Å²) in [6.07, 6.45) is 0.0423. The van der Waals surface area contributed by atoms with Crippen LogP contribution in [0.4, 0.5) is 0 Å². The first kappa shape index (κ1) is 16.9. The fourth-order valence-corrected chi connectivity index (χ4v) is 2.89. The lowest BCUT2D eigenvalue weighted by molar-refractivity contribution is -0.145. The fourth-order valence-electron chi connectivity index (χ4n) is 2.89. The Balaban J connectivity index is 1.82. The zero-order valence-corrected chi connectivity index (χ0v) is 13.6. The Labute approximate surface area is 145 Å². The number of nitrogens with two attached hydrogens (primary N) is 1. The van der Waals surface area contributed by atoms with E-state index in [4.69, 9.17) is 15.6 Å². The molecular weight excluding hydrogens is 318 g/mol. The maximum absolute atomic E-state index is 11.9. The summed E-state index contributed by atoms with van der Waals surface area (Å²) in [4.78, 5) is 22.7. The van der Waals surface area contributed by atoms with Crippen molar-refractivity contribution >= 4 is 33.5 Å². The lowest BCUT2D eigenvalue weighted by Crippen LogP contribution is -2.30. The van der Waals surface area contributed by atoms with Crippen LogP contribution in [0.2, 0.25) is 0 Å². The van der Waals surface area contributed by atoms with Gasteiger partial charge in [-0.25, -0.2) is 0 Å². The predicted octanol–water partition coefficient (Wildman–Crippen LogP) is 3.23. The molecule has 0 fully saturated rings. The van der Waals surface area contributed by atoms with E-state index in [2.05, 4.69) is 6.07 Å². The molecule has 3 rings (SSSR count). The second kappa shape index (κ2) is 7.32. The Bertz CT molecular complexity index is 881. The van der Waals surface area contributed by atoms with Crippen molar-refractivity contribution in [2.24, 2.45) is 5.73 Å². The third-order valence-corrected chi connectivity index (χ3v) is 4.24. The van der Waals surface area contributed by atoms with Crippen LogP contribution in [0.25, 0.3) is 21.5 Å². The molecule has 0 aromatic heterocycles. The Morgan fingerprint density at radius 3 is 2.12 bits per heavy atom. The predicted molar refractivity (Wildman–Crippen MR) is 96.1 cm³/mol. The smallest absolute Gasteiger partial charge is 0.320 e. The summed E-state index contributed by atoms with van der Waals surface area (Å²) < 4.78 is 5.39. The molecule has 0 aliphatic carbocycles. The summed E-state index contributed by atoms with van der Waals surface area (Å²) in [5, 5.41) is 13.0. The van der Waals surface area contributed by atoms with Crippen molar-refractivity contribution in [2.75, 3.05) is 0 Å². The van der Waals surface area contributed by atoms with Gasteiger partial charge in [0.05, 0.1) is 0 Å². The van der Waals surface area contributed by atoms with E-state index in [0.29, 0.717) is 0 Å². The van der Waals surface area contributed by atoms with Crippen LogP contribution in [0.1, 0.15) is 18.4 Å². The number of carbonyl (C=O) groups is 2. The van der Waals surface area contributed by atoms with Gasteiger partial charge in [0.25, 0.3) is 0 Å². The highest BCUT2D eigenvalue weighted by molar-refractivity contribution is 6.02. The van der Waals surface area contributed by atoms with Gasteiger partial charge in [-0.3, -0.25) is 9.59 Å². The van der Waals surface area contributed by atoms with E-state index < -0.39 is 18.0 Å². The summed E-state index contributed by atoms with van der Waals surface area (Å²) in [7, 11) is 0. The molecule has 5 nitrogen and oxygen atoms in total. The second-order valence-corrected chi connectivity index (χ2v) is 5.94. The summed E-state index contributed by atoms with van der Waals surface area (Å²) in [6, 6.07) is 17.0. The van der Waals surface area contributed by atoms with Gasteiger partial charge in [0.2, 0.25) is 0 Å². The highest BCUT2D eigenvalue weighted by atomic mass is 16.5. The van der Waals surface area contributed by atoms with Gasteiger partial charge in [-0.15, -0.1) is 0 Å². The Kier molecular flexibility index (Phi) is 4.95. The molecule has 25 heavy (non-hydrogen) atoms. The molecule has 0 spiro atoms. The monoisotopic (exact) mass is 337 g/mol. The van der Waals surface area contributed by atoms with E-state index in [1.54, 1.807) is 0 Å². The number of aliphatic carboxylic acids is 1. The van der Waals surface area contributed by atoms with E-state index in [9.17, 15) is 9.59 Å². The first-order valence-electron chi connectivity index (χ1n) is 8.09. The number of ether oxygens (including phenoxy) is 1. The van der Waals surface area contributed by atoms with Crippen LogP contribution < -0.4 is 5.73 Å². The Hall–Kier alpha value is -2.92. The van der Waals surface area contributed by atoms with E-state index in [-0.39, 0.29) is 19.4 Å². The maximum Gasteiger partial charge on any atom is 0.320 e. The molecule has 0 bridgehead atoms. The van der Waals surface area contributed by atoms with Crippen molar-refractivity contribution in [1.82, 2.24) is 0 Å². The van der Waals surface area contributed by atoms with E-state index in [0.717, 1.165) is 27.1 Å². The fraction of sp³-hybridized carbons (Fsp3) is 0.200. The molecule has 3 N–H and O–H groups in total. The zero-order chi connectivity index (χ0) is 17.8. The van der Waals surface area contributed by atoms with Gasteiger partial charge >= 0.3 is 11.9 Å². The van der Waals surface area contributed by atoms with Crippen molar-refractivity contribution in [3.05, 3.63) is 60.2 Å². The summed E-state index contributed by atoms with van der Waals surface area (Å²) in [5.74, 6) is -1.57. The van der Waals surface area contributed by atoms with Crippen molar-refractivity contribution in [2.45, 2.75) is 25.5 Å². The summed E-state index contributed by atoms with van der Waals surface area (Å²) in [5.41, 5.74) is 6.36. The zero-order valence-electron chi connectivity index (χ0n) is 13.6. The van der Waals surface area contributed by atoms with Crippen LogP contribution in [0.3, 0.4) is 0 Å². The van der Waals surface area contributed by atoms with Crippen LogP contribution in [0.15, 0.2) is 54.6 Å². The lowest BCUT2D eigenvalue weighted by Gasteiger charge is -2.12. The molecule has 0 saturated heterocycles. The van der Waals surface area contributed by atoms with Crippen molar-refractivity contribution in [3.8, 4) is 0 Å². The number of rotatable bonds is 6. The molecule has 0 unspecified atom stereocenters. The minimum absolute atomic E-state index is 0.0177. The van der Waals surface area contributed by atoms with Crippen LogP contribution in [-0.2, 0) is 20.9 Å². The van der Waals surface area contributed by atoms with Gasteiger partial charge in [-0.05, 0) is 34.0 Å². The van der Waals surface area contributed by atoms with Crippen molar-refractivity contribution < 1.29 is 19.4 Å². The molecule has 0 amide bonds. The van der Waals surface area contributed by atoms with E-state index in [1.807, 2.05) is 48.5 Å². The number of hydrogen-bond donors (Lipinski definition) is 2. The van der Waals surface area contributed by atoms with Gasteiger partial charge < -0.3 is 15.6 Å². The molecule has 0 aliphatic heterocycles. The molecular formula is C20H19NO4. The van der Waals surface area contributed by atoms with Gasteiger partial charge in [-0.1, -0.05) is 48.5 Å². The first-order chi connectivity index (χ1) is 12.1. The minimum Gasteiger partial charge on any atom is -0.480 e. The standard InChI is InChI=1S/C20H19NO4/c21-18(20(23)24)9-10-19(22)25-12-17-15-7-3-1-5-13(15)11-14-6-2-4-8-16(14)17/h1-8,11,18H,9-10,12,21H2,(H,23,24)/t18-/m0/s1. The normalized spacial score (nSPS) is 12.2. The summed E-state index contributed by atoms with van der Waals surface area (Å²) >= 11 is 0. The SMILES string of the molecule is N[C@@H](CCC(=O)OCc1c2ccccc2cc2ccccc12)C(=O)O. The molecule has 0 saturated carbocycles. The number of esters is 1. The van der Waals surface area contributed by atoms with Crippen LogP contribution in [-0.4, -0.2) is 23.1 Å². The van der Waals surface area contributed by atoms with Crippen LogP contribution in [0, 0.1) is 0 Å². The number of carboxylic acids is 1. The molecule has 0 heterocycles. The quantitative estimate of drug-likeness (QED) is 0.532. The largest absolute Gasteiger partial charge is 0.480 e. The highest BCUT2D eigenvalue weighted by Gasteiger charge is 2.15. The molecule has 0 radical (unpaired) electrons.